The summed E-state index contributed by atoms with van der Waals surface area (Å²) >= 11 is 3.75. The fourth-order valence-electron chi connectivity index (χ4n) is 11.4. The third-order valence-corrected chi connectivity index (χ3v) is 16.8. The summed E-state index contributed by atoms with van der Waals surface area (Å²) in [5, 5.41) is 2.52. The molecule has 0 amide bonds. The Labute approximate surface area is 422 Å². The molecule has 2 aliphatic rings. The van der Waals surface area contributed by atoms with Crippen LogP contribution in [-0.4, -0.2) is 0 Å². The van der Waals surface area contributed by atoms with Crippen molar-refractivity contribution in [2.45, 2.75) is 15.2 Å². The first-order chi connectivity index (χ1) is 35.2. The average molecular weight is 941 g/mol. The lowest BCUT2D eigenvalue weighted by molar-refractivity contribution is 0.722. The third kappa shape index (κ3) is 6.78. The number of thiophene rings is 1. The molecule has 1 aromatic heterocycles. The quantitative estimate of drug-likeness (QED) is 0.150. The number of anilines is 6. The van der Waals surface area contributed by atoms with Gasteiger partial charge in [-0.3, -0.25) is 0 Å². The highest BCUT2D eigenvalue weighted by atomic mass is 32.2. The minimum Gasteiger partial charge on any atom is -0.310 e. The van der Waals surface area contributed by atoms with Crippen LogP contribution in [0.25, 0.3) is 53.6 Å². The highest BCUT2D eigenvalue weighted by Crippen LogP contribution is 2.62. The third-order valence-electron chi connectivity index (χ3n) is 14.5. The van der Waals surface area contributed by atoms with Crippen molar-refractivity contribution in [2.24, 2.45) is 0 Å². The van der Waals surface area contributed by atoms with Crippen LogP contribution < -0.4 is 9.80 Å². The summed E-state index contributed by atoms with van der Waals surface area (Å²) in [6, 6.07) is 98.3. The van der Waals surface area contributed by atoms with E-state index in [9.17, 15) is 0 Å². The first-order valence-corrected chi connectivity index (χ1v) is 25.9. The maximum absolute atomic E-state index is 2.45. The zero-order chi connectivity index (χ0) is 46.9. The molecule has 0 bridgehead atoms. The number of hydrogen-bond acceptors (Lipinski definition) is 4. The van der Waals surface area contributed by atoms with Gasteiger partial charge in [0.15, 0.2) is 0 Å². The fourth-order valence-corrected chi connectivity index (χ4v) is 13.8. The minimum absolute atomic E-state index is 0.429. The molecule has 0 N–H and O–H groups in total. The van der Waals surface area contributed by atoms with Crippen LogP contribution >= 0.6 is 23.1 Å². The van der Waals surface area contributed by atoms with Crippen LogP contribution in [0.3, 0.4) is 0 Å². The van der Waals surface area contributed by atoms with Gasteiger partial charge in [0.05, 0.1) is 5.41 Å². The molecule has 14 rings (SSSR count). The molecule has 1 aliphatic heterocycles. The lowest BCUT2D eigenvalue weighted by Crippen LogP contribution is -2.32. The Balaban J connectivity index is 0.902. The van der Waals surface area contributed by atoms with Gasteiger partial charge in [0.2, 0.25) is 0 Å². The highest BCUT2D eigenvalue weighted by Gasteiger charge is 2.50. The molecular formula is C67H44N2S2. The van der Waals surface area contributed by atoms with Gasteiger partial charge in [0.25, 0.3) is 0 Å². The molecule has 2 heterocycles. The van der Waals surface area contributed by atoms with Crippen LogP contribution in [0.4, 0.5) is 34.1 Å². The lowest BCUT2D eigenvalue weighted by atomic mass is 9.67. The summed E-state index contributed by atoms with van der Waals surface area (Å²) in [6.07, 6.45) is 0. The van der Waals surface area contributed by atoms with E-state index in [4.69, 9.17) is 0 Å². The molecule has 4 heteroatoms. The number of hydrogen-bond donors (Lipinski definition) is 0. The Bertz CT molecular complexity index is 3910. The number of fused-ring (bicyclic) bond motifs is 12. The second-order valence-corrected chi connectivity index (χ2v) is 20.6. The van der Waals surface area contributed by atoms with E-state index >= 15 is 0 Å². The van der Waals surface area contributed by atoms with E-state index in [1.165, 1.54) is 85.6 Å². The predicted molar refractivity (Wildman–Crippen MR) is 301 cm³/mol. The van der Waals surface area contributed by atoms with Gasteiger partial charge in [-0.15, -0.1) is 11.3 Å². The number of nitrogens with zero attached hydrogens (tertiary/aromatic N) is 2. The predicted octanol–water partition coefficient (Wildman–Crippen LogP) is 19.2. The van der Waals surface area contributed by atoms with E-state index in [-0.39, 0.29) is 0 Å². The SMILES string of the molecule is c1ccc(-c2ccc(N(c3ccccc3)c3ccc4c(c3)sc3cc(N(c5ccc(-c6ccccc6)cc5)c5ccc6c(c5)Sc5ccccc5C65c6ccccc6-c6ccccc65)ccc34)cc2)cc1. The van der Waals surface area contributed by atoms with E-state index in [1.54, 1.807) is 0 Å². The molecule has 0 fully saturated rings. The van der Waals surface area contributed by atoms with Crippen molar-refractivity contribution in [3.05, 3.63) is 289 Å². The van der Waals surface area contributed by atoms with Gasteiger partial charge >= 0.3 is 0 Å². The van der Waals surface area contributed by atoms with Gasteiger partial charge in [0, 0.05) is 64.1 Å². The Morgan fingerprint density at radius 3 is 1.20 bits per heavy atom. The smallest absolute Gasteiger partial charge is 0.0735 e. The van der Waals surface area contributed by atoms with Gasteiger partial charge in [-0.05, 0) is 134 Å². The normalized spacial score (nSPS) is 12.8. The molecule has 2 nitrogen and oxygen atoms in total. The van der Waals surface area contributed by atoms with Crippen LogP contribution in [0.2, 0.25) is 0 Å². The number of benzene rings is 11. The van der Waals surface area contributed by atoms with Gasteiger partial charge in [-0.1, -0.05) is 200 Å². The van der Waals surface area contributed by atoms with Crippen molar-refractivity contribution in [3.8, 4) is 33.4 Å². The largest absolute Gasteiger partial charge is 0.310 e. The van der Waals surface area contributed by atoms with Crippen molar-refractivity contribution in [1.29, 1.82) is 0 Å². The number of para-hydroxylation sites is 1. The van der Waals surface area contributed by atoms with Crippen LogP contribution in [-0.2, 0) is 5.41 Å². The molecule has 334 valence electrons. The van der Waals surface area contributed by atoms with Crippen LogP contribution in [0, 0.1) is 0 Å². The summed E-state index contributed by atoms with van der Waals surface area (Å²) in [7, 11) is 0. The van der Waals surface area contributed by atoms with Gasteiger partial charge in [-0.2, -0.15) is 0 Å². The Morgan fingerprint density at radius 2 is 0.648 bits per heavy atom. The topological polar surface area (TPSA) is 6.48 Å². The molecule has 71 heavy (non-hydrogen) atoms. The van der Waals surface area contributed by atoms with Gasteiger partial charge < -0.3 is 9.80 Å². The van der Waals surface area contributed by atoms with E-state index in [1.807, 2.05) is 23.1 Å². The monoisotopic (exact) mass is 940 g/mol. The van der Waals surface area contributed by atoms with Gasteiger partial charge in [-0.25, -0.2) is 0 Å². The molecule has 0 unspecified atom stereocenters. The molecule has 1 spiro atoms. The van der Waals surface area contributed by atoms with Crippen molar-refractivity contribution in [1.82, 2.24) is 0 Å². The Morgan fingerprint density at radius 1 is 0.268 bits per heavy atom. The zero-order valence-corrected chi connectivity index (χ0v) is 40.2. The fraction of sp³-hybridized carbons (Fsp3) is 0.0149. The maximum Gasteiger partial charge on any atom is 0.0735 e. The summed E-state index contributed by atoms with van der Waals surface area (Å²) in [5.74, 6) is 0. The first-order valence-electron chi connectivity index (χ1n) is 24.2. The van der Waals surface area contributed by atoms with Crippen molar-refractivity contribution in [2.75, 3.05) is 9.80 Å². The molecule has 11 aromatic carbocycles. The zero-order valence-electron chi connectivity index (χ0n) is 38.6. The lowest BCUT2D eigenvalue weighted by Gasteiger charge is -2.40. The molecule has 0 atom stereocenters. The van der Waals surface area contributed by atoms with E-state index in [2.05, 4.69) is 277 Å². The molecule has 0 radical (unpaired) electrons. The van der Waals surface area contributed by atoms with Crippen LogP contribution in [0.5, 0.6) is 0 Å². The first kappa shape index (κ1) is 41.6. The summed E-state index contributed by atoms with van der Waals surface area (Å²) in [4.78, 5) is 7.38. The van der Waals surface area contributed by atoms with Crippen molar-refractivity contribution < 1.29 is 0 Å². The second kappa shape index (κ2) is 16.9. The Kier molecular flexibility index (Phi) is 9.90. The highest BCUT2D eigenvalue weighted by molar-refractivity contribution is 7.99. The molecule has 0 saturated heterocycles. The Hall–Kier alpha value is -8.41. The van der Waals surface area contributed by atoms with Gasteiger partial charge in [0.1, 0.15) is 0 Å². The molecule has 0 saturated carbocycles. The molecule has 1 aliphatic carbocycles. The minimum atomic E-state index is -0.429. The van der Waals surface area contributed by atoms with Crippen molar-refractivity contribution >= 4 is 77.4 Å². The standard InChI is InChI=1S/C67H44N2S2/c1-4-16-45(17-5-1)47-28-32-50(33-29-47)68(49-20-8-3-9-21-49)52-36-39-57-58-40-37-53(43-65(58)71-64(57)42-52)69(51-34-30-48(31-35-51)46-18-6-2-7-19-46)54-38-41-62-66(44-54)70-63-27-15-14-26-61(63)67(62)59-24-12-10-22-55(59)56-23-11-13-25-60(56)67/h1-44H. The maximum atomic E-state index is 2.45. The van der Waals surface area contributed by atoms with E-state index in [0.29, 0.717) is 0 Å². The summed E-state index contributed by atoms with van der Waals surface area (Å²) in [5.41, 5.74) is 19.1. The van der Waals surface area contributed by atoms with Crippen molar-refractivity contribution in [3.63, 3.8) is 0 Å². The summed E-state index contributed by atoms with van der Waals surface area (Å²) < 4.78 is 2.50. The summed E-state index contributed by atoms with van der Waals surface area (Å²) in [6.45, 7) is 0. The van der Waals surface area contributed by atoms with E-state index in [0.717, 1.165) is 34.1 Å². The average Bonchev–Trinajstić information content (AvgIpc) is 3.95. The van der Waals surface area contributed by atoms with Crippen LogP contribution in [0.1, 0.15) is 22.3 Å². The second-order valence-electron chi connectivity index (χ2n) is 18.4. The number of rotatable bonds is 8. The van der Waals surface area contributed by atoms with E-state index < -0.39 is 5.41 Å². The molecule has 12 aromatic rings. The molecular weight excluding hydrogens is 897 g/mol. The van der Waals surface area contributed by atoms with Crippen LogP contribution in [0.15, 0.2) is 277 Å².